The van der Waals surface area contributed by atoms with Crippen LogP contribution in [0.1, 0.15) is 18.4 Å². The molecule has 3 aromatic rings. The van der Waals surface area contributed by atoms with Crippen molar-refractivity contribution in [3.8, 4) is 16.9 Å². The minimum atomic E-state index is -0.469. The van der Waals surface area contributed by atoms with E-state index in [2.05, 4.69) is 5.32 Å². The van der Waals surface area contributed by atoms with Crippen molar-refractivity contribution in [1.82, 2.24) is 5.32 Å². The van der Waals surface area contributed by atoms with E-state index in [1.807, 2.05) is 30.3 Å². The van der Waals surface area contributed by atoms with Gasteiger partial charge >= 0.3 is 5.63 Å². The van der Waals surface area contributed by atoms with Crippen molar-refractivity contribution in [3.63, 3.8) is 0 Å². The molecular weight excluding hydrogens is 366 g/mol. The van der Waals surface area contributed by atoms with Gasteiger partial charge in [-0.1, -0.05) is 41.9 Å². The standard InChI is InChI=1S/C21H20ClNO4/c22-18-9-16-15(13-5-2-1-3-6-13)10-19(24)27-21(16)17(20(18)25)12-23-11-14-7-4-8-26-14/h1-3,5-6,9-10,14,23,25H,4,7-8,11-12H2/t14-/m1/s1. The Hall–Kier alpha value is -2.34. The summed E-state index contributed by atoms with van der Waals surface area (Å²) in [5.74, 6) is -0.0719. The second-order valence-corrected chi connectivity index (χ2v) is 7.08. The second-order valence-electron chi connectivity index (χ2n) is 6.67. The molecule has 0 amide bonds. The van der Waals surface area contributed by atoms with Crippen LogP contribution in [0.3, 0.4) is 0 Å². The van der Waals surface area contributed by atoms with Crippen LogP contribution in [0, 0.1) is 0 Å². The van der Waals surface area contributed by atoms with Crippen LogP contribution in [0.25, 0.3) is 22.1 Å². The van der Waals surface area contributed by atoms with Gasteiger partial charge in [0, 0.05) is 31.1 Å². The predicted molar refractivity (Wildman–Crippen MR) is 105 cm³/mol. The summed E-state index contributed by atoms with van der Waals surface area (Å²) in [4.78, 5) is 12.2. The van der Waals surface area contributed by atoms with Crippen molar-refractivity contribution in [2.45, 2.75) is 25.5 Å². The summed E-state index contributed by atoms with van der Waals surface area (Å²) >= 11 is 6.28. The van der Waals surface area contributed by atoms with Crippen LogP contribution in [-0.4, -0.2) is 24.4 Å². The highest BCUT2D eigenvalue weighted by molar-refractivity contribution is 6.33. The number of aromatic hydroxyl groups is 1. The summed E-state index contributed by atoms with van der Waals surface area (Å²) in [5, 5.41) is 14.7. The third-order valence-corrected chi connectivity index (χ3v) is 5.13. The average molecular weight is 386 g/mol. The Morgan fingerprint density at radius 1 is 1.22 bits per heavy atom. The van der Waals surface area contributed by atoms with Crippen molar-refractivity contribution < 1.29 is 14.3 Å². The van der Waals surface area contributed by atoms with Gasteiger partial charge < -0.3 is 19.6 Å². The van der Waals surface area contributed by atoms with Gasteiger partial charge in [-0.2, -0.15) is 0 Å². The van der Waals surface area contributed by atoms with E-state index in [4.69, 9.17) is 20.8 Å². The zero-order valence-corrected chi connectivity index (χ0v) is 15.5. The van der Waals surface area contributed by atoms with Crippen LogP contribution in [0.2, 0.25) is 5.02 Å². The largest absolute Gasteiger partial charge is 0.506 e. The molecule has 1 atom stereocenters. The maximum absolute atomic E-state index is 12.2. The highest BCUT2D eigenvalue weighted by Crippen LogP contribution is 2.38. The lowest BCUT2D eigenvalue weighted by molar-refractivity contribution is 0.110. The zero-order valence-electron chi connectivity index (χ0n) is 14.7. The third-order valence-electron chi connectivity index (χ3n) is 4.84. The molecule has 140 valence electrons. The number of benzene rings is 2. The minimum absolute atomic E-state index is 0.0719. The number of halogens is 1. The molecule has 1 aliphatic rings. The van der Waals surface area contributed by atoms with Crippen molar-refractivity contribution in [1.29, 1.82) is 0 Å². The van der Waals surface area contributed by atoms with Crippen molar-refractivity contribution in [3.05, 3.63) is 63.5 Å². The maximum atomic E-state index is 12.2. The normalized spacial score (nSPS) is 16.9. The lowest BCUT2D eigenvalue weighted by Gasteiger charge is -2.15. The van der Waals surface area contributed by atoms with Gasteiger partial charge in [0.05, 0.1) is 16.7 Å². The lowest BCUT2D eigenvalue weighted by Crippen LogP contribution is -2.26. The van der Waals surface area contributed by atoms with Crippen molar-refractivity contribution in [2.24, 2.45) is 0 Å². The Kier molecular flexibility index (Phi) is 5.16. The first-order valence-corrected chi connectivity index (χ1v) is 9.37. The number of hydrogen-bond acceptors (Lipinski definition) is 5. The van der Waals surface area contributed by atoms with Gasteiger partial charge in [0.2, 0.25) is 0 Å². The molecule has 0 aliphatic carbocycles. The van der Waals surface area contributed by atoms with Gasteiger partial charge in [-0.3, -0.25) is 0 Å². The summed E-state index contributed by atoms with van der Waals surface area (Å²) in [5.41, 5.74) is 1.97. The van der Waals surface area contributed by atoms with Crippen LogP contribution in [0.15, 0.2) is 51.7 Å². The molecule has 2 N–H and O–H groups in total. The lowest BCUT2D eigenvalue weighted by atomic mass is 9.99. The Morgan fingerprint density at radius 2 is 2.04 bits per heavy atom. The van der Waals surface area contributed by atoms with E-state index in [1.54, 1.807) is 6.07 Å². The first-order valence-electron chi connectivity index (χ1n) is 8.99. The number of nitrogens with one attached hydrogen (secondary N) is 1. The number of phenolic OH excluding ortho intramolecular Hbond substituents is 1. The summed E-state index contributed by atoms with van der Waals surface area (Å²) in [6.07, 6.45) is 2.25. The maximum Gasteiger partial charge on any atom is 0.336 e. The first-order chi connectivity index (χ1) is 13.1. The highest BCUT2D eigenvalue weighted by Gasteiger charge is 2.19. The fourth-order valence-corrected chi connectivity index (χ4v) is 3.72. The number of hydrogen-bond donors (Lipinski definition) is 2. The van der Waals surface area contributed by atoms with Gasteiger partial charge in [0.25, 0.3) is 0 Å². The molecule has 0 saturated carbocycles. The second kappa shape index (κ2) is 7.72. The monoisotopic (exact) mass is 385 g/mol. The molecule has 0 spiro atoms. The molecule has 6 heteroatoms. The molecule has 4 rings (SSSR count). The number of rotatable bonds is 5. The smallest absolute Gasteiger partial charge is 0.336 e. The Balaban J connectivity index is 1.77. The summed E-state index contributed by atoms with van der Waals surface area (Å²) in [6, 6.07) is 12.7. The van der Waals surface area contributed by atoms with Crippen LogP contribution >= 0.6 is 11.6 Å². The molecule has 0 radical (unpaired) electrons. The molecule has 2 aromatic carbocycles. The molecule has 1 aromatic heterocycles. The Bertz CT molecular complexity index is 1010. The van der Waals surface area contributed by atoms with Gasteiger partial charge in [-0.05, 0) is 30.0 Å². The average Bonchev–Trinajstić information content (AvgIpc) is 3.19. The fraction of sp³-hybridized carbons (Fsp3) is 0.286. The Morgan fingerprint density at radius 3 is 2.78 bits per heavy atom. The Labute approximate surface area is 161 Å². The van der Waals surface area contributed by atoms with Crippen LogP contribution < -0.4 is 10.9 Å². The molecule has 1 aliphatic heterocycles. The molecule has 0 unspecified atom stereocenters. The van der Waals surface area contributed by atoms with Crippen LogP contribution in [-0.2, 0) is 11.3 Å². The molecule has 27 heavy (non-hydrogen) atoms. The molecule has 0 bridgehead atoms. The van der Waals surface area contributed by atoms with Gasteiger partial charge in [0.15, 0.2) is 0 Å². The molecular formula is C21H20ClNO4. The SMILES string of the molecule is O=c1cc(-c2ccccc2)c2cc(Cl)c(O)c(CNC[C@H]3CCCO3)c2o1. The van der Waals surface area contributed by atoms with Crippen molar-refractivity contribution >= 4 is 22.6 Å². The number of fused-ring (bicyclic) bond motifs is 1. The summed E-state index contributed by atoms with van der Waals surface area (Å²) in [6.45, 7) is 1.77. The first kappa shape index (κ1) is 18.0. The number of ether oxygens (including phenoxy) is 1. The molecule has 1 saturated heterocycles. The number of phenols is 1. The molecule has 2 heterocycles. The van der Waals surface area contributed by atoms with Crippen LogP contribution in [0.4, 0.5) is 0 Å². The van der Waals surface area contributed by atoms with E-state index in [-0.39, 0.29) is 16.9 Å². The van der Waals surface area contributed by atoms with E-state index in [9.17, 15) is 9.90 Å². The minimum Gasteiger partial charge on any atom is -0.506 e. The summed E-state index contributed by atoms with van der Waals surface area (Å²) in [7, 11) is 0. The summed E-state index contributed by atoms with van der Waals surface area (Å²) < 4.78 is 11.1. The fourth-order valence-electron chi connectivity index (χ4n) is 3.50. The van der Waals surface area contributed by atoms with Crippen molar-refractivity contribution in [2.75, 3.05) is 13.2 Å². The zero-order chi connectivity index (χ0) is 18.8. The van der Waals surface area contributed by atoms with E-state index in [1.165, 1.54) is 6.07 Å². The van der Waals surface area contributed by atoms with E-state index >= 15 is 0 Å². The predicted octanol–water partition coefficient (Wildman–Crippen LogP) is 4.09. The van der Waals surface area contributed by atoms with Gasteiger partial charge in [-0.25, -0.2) is 4.79 Å². The topological polar surface area (TPSA) is 71.7 Å². The van der Waals surface area contributed by atoms with Gasteiger partial charge in [0.1, 0.15) is 11.3 Å². The van der Waals surface area contributed by atoms with Crippen LogP contribution in [0.5, 0.6) is 5.75 Å². The van der Waals surface area contributed by atoms with E-state index in [0.717, 1.165) is 30.6 Å². The van der Waals surface area contributed by atoms with E-state index in [0.29, 0.717) is 29.6 Å². The molecule has 1 fully saturated rings. The van der Waals surface area contributed by atoms with Gasteiger partial charge in [-0.15, -0.1) is 0 Å². The highest BCUT2D eigenvalue weighted by atomic mass is 35.5. The third kappa shape index (κ3) is 3.72. The van der Waals surface area contributed by atoms with E-state index < -0.39 is 5.63 Å². The molecule has 5 nitrogen and oxygen atoms in total. The quantitative estimate of drug-likeness (QED) is 0.647.